The zero-order valence-electron chi connectivity index (χ0n) is 12.9. The Bertz CT molecular complexity index is 980. The van der Waals surface area contributed by atoms with E-state index >= 15 is 0 Å². The first-order valence-electron chi connectivity index (χ1n) is 7.35. The van der Waals surface area contributed by atoms with E-state index in [1.165, 1.54) is 0 Å². The van der Waals surface area contributed by atoms with Gasteiger partial charge in [0.05, 0.1) is 11.6 Å². The lowest BCUT2D eigenvalue weighted by Crippen LogP contribution is -1.95. The van der Waals surface area contributed by atoms with Crippen molar-refractivity contribution in [3.8, 4) is 22.3 Å². The Balaban J connectivity index is 1.87. The van der Waals surface area contributed by atoms with Crippen LogP contribution in [0.3, 0.4) is 0 Å². The number of nitrogens with two attached hydrogens (primary N) is 1. The number of rotatable bonds is 2. The number of hydrogen-bond donors (Lipinski definition) is 3. The van der Waals surface area contributed by atoms with E-state index < -0.39 is 0 Å². The van der Waals surface area contributed by atoms with Crippen LogP contribution in [0.4, 0.5) is 5.82 Å². The van der Waals surface area contributed by atoms with E-state index in [1.807, 2.05) is 19.3 Å². The summed E-state index contributed by atoms with van der Waals surface area (Å²) in [5.74, 6) is 0.557. The van der Waals surface area contributed by atoms with Gasteiger partial charge in [0.1, 0.15) is 5.82 Å². The molecular formula is C17H16N6. The number of H-pyrrole nitrogens is 2. The normalized spacial score (nSPS) is 11.2. The highest BCUT2D eigenvalue weighted by Gasteiger charge is 2.15. The van der Waals surface area contributed by atoms with E-state index in [-0.39, 0.29) is 0 Å². The molecule has 0 unspecified atom stereocenters. The lowest BCUT2D eigenvalue weighted by Gasteiger charge is -2.11. The maximum Gasteiger partial charge on any atom is 0.183 e. The second-order valence-corrected chi connectivity index (χ2v) is 5.60. The lowest BCUT2D eigenvalue weighted by atomic mass is 9.96. The molecule has 4 N–H and O–H groups in total. The first-order valence-corrected chi connectivity index (χ1v) is 7.35. The summed E-state index contributed by atoms with van der Waals surface area (Å²) in [7, 11) is 0. The summed E-state index contributed by atoms with van der Waals surface area (Å²) in [5, 5.41) is 14.7. The average Bonchev–Trinajstić information content (AvgIpc) is 3.18. The molecule has 1 aromatic carbocycles. The standard InChI is InChI=1S/C17H16N6/c1-9-14(10(2)21-17-15(9)16(18)22-23-17)12-5-3-11(4-6-12)13-7-19-20-8-13/h3-8H,1-2H3,(H,19,20)(H3,18,21,22,23). The number of nitrogens with zero attached hydrogens (tertiary/aromatic N) is 3. The summed E-state index contributed by atoms with van der Waals surface area (Å²) in [5.41, 5.74) is 13.1. The van der Waals surface area contributed by atoms with Crippen LogP contribution in [0.15, 0.2) is 36.7 Å². The van der Waals surface area contributed by atoms with Crippen LogP contribution in [0.2, 0.25) is 0 Å². The smallest absolute Gasteiger partial charge is 0.183 e. The van der Waals surface area contributed by atoms with Gasteiger partial charge in [0.25, 0.3) is 0 Å². The largest absolute Gasteiger partial charge is 0.384 e. The van der Waals surface area contributed by atoms with Gasteiger partial charge in [-0.2, -0.15) is 10.2 Å². The highest BCUT2D eigenvalue weighted by atomic mass is 15.2. The topological polar surface area (TPSA) is 96.3 Å². The molecule has 0 aliphatic rings. The maximum absolute atomic E-state index is 5.99. The number of anilines is 1. The molecule has 0 saturated heterocycles. The van der Waals surface area contributed by atoms with E-state index in [0.717, 1.165) is 38.9 Å². The predicted octanol–water partition coefficient (Wildman–Crippen LogP) is 3.21. The number of aromatic amines is 2. The predicted molar refractivity (Wildman–Crippen MR) is 90.8 cm³/mol. The van der Waals surface area contributed by atoms with Gasteiger partial charge in [-0.1, -0.05) is 24.3 Å². The van der Waals surface area contributed by atoms with Crippen molar-refractivity contribution in [2.45, 2.75) is 13.8 Å². The molecule has 4 rings (SSSR count). The Morgan fingerprint density at radius 1 is 1.00 bits per heavy atom. The molecule has 0 spiro atoms. The first kappa shape index (κ1) is 13.5. The number of hydrogen-bond acceptors (Lipinski definition) is 4. The number of benzene rings is 1. The molecule has 6 heteroatoms. The molecule has 3 heterocycles. The van der Waals surface area contributed by atoms with Gasteiger partial charge < -0.3 is 5.73 Å². The van der Waals surface area contributed by atoms with Crippen LogP contribution in [0.25, 0.3) is 33.3 Å². The van der Waals surface area contributed by atoms with Crippen LogP contribution in [0, 0.1) is 13.8 Å². The molecule has 0 bridgehead atoms. The molecule has 3 aromatic heterocycles. The van der Waals surface area contributed by atoms with Gasteiger partial charge in [-0.15, -0.1) is 0 Å². The Morgan fingerprint density at radius 3 is 2.43 bits per heavy atom. The van der Waals surface area contributed by atoms with Gasteiger partial charge in [0, 0.05) is 23.0 Å². The summed E-state index contributed by atoms with van der Waals surface area (Å²) in [4.78, 5) is 4.57. The fraction of sp³-hybridized carbons (Fsp3) is 0.118. The van der Waals surface area contributed by atoms with Crippen molar-refractivity contribution in [2.75, 3.05) is 5.73 Å². The highest BCUT2D eigenvalue weighted by Crippen LogP contribution is 2.33. The van der Waals surface area contributed by atoms with Crippen LogP contribution in [-0.4, -0.2) is 25.4 Å². The van der Waals surface area contributed by atoms with E-state index in [4.69, 9.17) is 5.73 Å². The third-order valence-corrected chi connectivity index (χ3v) is 4.17. The molecule has 23 heavy (non-hydrogen) atoms. The second kappa shape index (κ2) is 4.95. The third-order valence-electron chi connectivity index (χ3n) is 4.17. The lowest BCUT2D eigenvalue weighted by molar-refractivity contribution is 1.09. The summed E-state index contributed by atoms with van der Waals surface area (Å²) in [6.07, 6.45) is 3.69. The fourth-order valence-corrected chi connectivity index (χ4v) is 3.07. The van der Waals surface area contributed by atoms with Crippen molar-refractivity contribution in [3.05, 3.63) is 47.9 Å². The molecule has 0 aliphatic heterocycles. The SMILES string of the molecule is Cc1nc2n[nH]c(N)c2c(C)c1-c1ccc(-c2cn[nH]c2)cc1. The third kappa shape index (κ3) is 2.07. The minimum Gasteiger partial charge on any atom is -0.384 e. The van der Waals surface area contributed by atoms with Crippen LogP contribution >= 0.6 is 0 Å². The minimum atomic E-state index is 0.557. The Hall–Kier alpha value is -3.15. The number of fused-ring (bicyclic) bond motifs is 1. The van der Waals surface area contributed by atoms with Crippen molar-refractivity contribution < 1.29 is 0 Å². The average molecular weight is 304 g/mol. The number of nitrogens with one attached hydrogen (secondary N) is 2. The van der Waals surface area contributed by atoms with Crippen molar-refractivity contribution in [3.63, 3.8) is 0 Å². The van der Waals surface area contributed by atoms with Gasteiger partial charge in [-0.05, 0) is 30.5 Å². The summed E-state index contributed by atoms with van der Waals surface area (Å²) >= 11 is 0. The monoisotopic (exact) mass is 304 g/mol. The van der Waals surface area contributed by atoms with Gasteiger partial charge >= 0.3 is 0 Å². The molecular weight excluding hydrogens is 288 g/mol. The Morgan fingerprint density at radius 2 is 1.74 bits per heavy atom. The van der Waals surface area contributed by atoms with Crippen molar-refractivity contribution in [2.24, 2.45) is 0 Å². The van der Waals surface area contributed by atoms with Crippen LogP contribution in [-0.2, 0) is 0 Å². The zero-order chi connectivity index (χ0) is 16.0. The molecule has 4 aromatic rings. The molecule has 0 atom stereocenters. The minimum absolute atomic E-state index is 0.557. The van der Waals surface area contributed by atoms with Crippen LogP contribution in [0.5, 0.6) is 0 Å². The molecule has 0 radical (unpaired) electrons. The quantitative estimate of drug-likeness (QED) is 0.530. The summed E-state index contributed by atoms with van der Waals surface area (Å²) < 4.78 is 0. The first-order chi connectivity index (χ1) is 11.1. The molecule has 0 aliphatic carbocycles. The molecule has 6 nitrogen and oxygen atoms in total. The van der Waals surface area contributed by atoms with Crippen LogP contribution in [0.1, 0.15) is 11.3 Å². The number of aryl methyl sites for hydroxylation is 2. The van der Waals surface area contributed by atoms with Gasteiger partial charge in [-0.3, -0.25) is 10.2 Å². The van der Waals surface area contributed by atoms with Crippen molar-refractivity contribution in [1.82, 2.24) is 25.4 Å². The van der Waals surface area contributed by atoms with Gasteiger partial charge in [-0.25, -0.2) is 4.98 Å². The van der Waals surface area contributed by atoms with Gasteiger partial charge in [0.15, 0.2) is 5.65 Å². The molecule has 0 fully saturated rings. The molecule has 0 amide bonds. The fourth-order valence-electron chi connectivity index (χ4n) is 3.07. The van der Waals surface area contributed by atoms with Crippen molar-refractivity contribution in [1.29, 1.82) is 0 Å². The Labute approximate surface area is 132 Å². The zero-order valence-corrected chi connectivity index (χ0v) is 12.9. The number of pyridine rings is 1. The summed E-state index contributed by atoms with van der Waals surface area (Å²) in [6.45, 7) is 4.05. The Kier molecular flexibility index (Phi) is 2.90. The number of aromatic nitrogens is 5. The van der Waals surface area contributed by atoms with Crippen LogP contribution < -0.4 is 5.73 Å². The van der Waals surface area contributed by atoms with E-state index in [0.29, 0.717) is 11.5 Å². The van der Waals surface area contributed by atoms with E-state index in [9.17, 15) is 0 Å². The van der Waals surface area contributed by atoms with E-state index in [1.54, 1.807) is 0 Å². The summed E-state index contributed by atoms with van der Waals surface area (Å²) in [6, 6.07) is 8.37. The molecule has 114 valence electrons. The number of nitrogen functional groups attached to an aromatic ring is 1. The van der Waals surface area contributed by atoms with Gasteiger partial charge in [0.2, 0.25) is 0 Å². The maximum atomic E-state index is 5.99. The molecule has 0 saturated carbocycles. The highest BCUT2D eigenvalue weighted by molar-refractivity contribution is 5.94. The van der Waals surface area contributed by atoms with E-state index in [2.05, 4.69) is 56.6 Å². The van der Waals surface area contributed by atoms with Crippen molar-refractivity contribution >= 4 is 16.9 Å². The second-order valence-electron chi connectivity index (χ2n) is 5.60.